The van der Waals surface area contributed by atoms with E-state index in [1.807, 2.05) is 5.57 Å². The number of rotatable bonds is 4. The molecule has 0 aromatic heterocycles. The summed E-state index contributed by atoms with van der Waals surface area (Å²) in [6, 6.07) is 0. The topological polar surface area (TPSA) is 0 Å². The lowest BCUT2D eigenvalue weighted by molar-refractivity contribution is -0.0487. The Morgan fingerprint density at radius 3 is 2.55 bits per heavy atom. The first-order chi connectivity index (χ1) is 13.6. The van der Waals surface area contributed by atoms with Crippen LogP contribution in [0.15, 0.2) is 23.3 Å². The fourth-order valence-electron chi connectivity index (χ4n) is 9.02. The van der Waals surface area contributed by atoms with Crippen molar-refractivity contribution in [3.63, 3.8) is 0 Å². The largest absolute Gasteiger partial charge is 0.0845 e. The van der Waals surface area contributed by atoms with Gasteiger partial charge in [-0.2, -0.15) is 0 Å². The first-order valence-electron chi connectivity index (χ1n) is 13.0. The van der Waals surface area contributed by atoms with Crippen molar-refractivity contribution < 1.29 is 0 Å². The van der Waals surface area contributed by atoms with Gasteiger partial charge in [0.15, 0.2) is 0 Å². The van der Waals surface area contributed by atoms with E-state index >= 15 is 0 Å². The molecule has 4 rings (SSSR count). The van der Waals surface area contributed by atoms with Crippen LogP contribution in [0.5, 0.6) is 0 Å². The van der Waals surface area contributed by atoms with Gasteiger partial charge in [0.2, 0.25) is 0 Å². The number of hydrogen-bond donors (Lipinski definition) is 0. The van der Waals surface area contributed by atoms with Gasteiger partial charge in [0.25, 0.3) is 0 Å². The van der Waals surface area contributed by atoms with E-state index in [1.54, 1.807) is 5.57 Å². The number of fused-ring (bicyclic) bond motifs is 5. The molecule has 0 aliphatic heterocycles. The maximum Gasteiger partial charge on any atom is -0.00851 e. The van der Waals surface area contributed by atoms with Crippen LogP contribution in [0.1, 0.15) is 106 Å². The molecule has 0 aromatic rings. The van der Waals surface area contributed by atoms with Crippen molar-refractivity contribution in [2.75, 3.05) is 0 Å². The molecule has 0 aromatic carbocycles. The molecule has 0 bridgehead atoms. The predicted molar refractivity (Wildman–Crippen MR) is 127 cm³/mol. The highest BCUT2D eigenvalue weighted by atomic mass is 14.6. The second-order valence-electron chi connectivity index (χ2n) is 12.8. The van der Waals surface area contributed by atoms with Crippen LogP contribution in [0.2, 0.25) is 0 Å². The zero-order valence-corrected chi connectivity index (χ0v) is 20.6. The second kappa shape index (κ2) is 7.87. The van der Waals surface area contributed by atoms with Crippen LogP contribution in [-0.2, 0) is 0 Å². The van der Waals surface area contributed by atoms with E-state index in [0.717, 1.165) is 41.4 Å². The Hall–Kier alpha value is -0.520. The van der Waals surface area contributed by atoms with Crippen LogP contribution >= 0.6 is 0 Å². The highest BCUT2D eigenvalue weighted by molar-refractivity contribution is 5.25. The quantitative estimate of drug-likeness (QED) is 0.416. The van der Waals surface area contributed by atoms with Crippen LogP contribution in [0, 0.1) is 52.3 Å². The minimum Gasteiger partial charge on any atom is -0.0845 e. The molecule has 0 heteroatoms. The summed E-state index contributed by atoms with van der Waals surface area (Å²) in [6.07, 6.45) is 18.3. The van der Waals surface area contributed by atoms with Gasteiger partial charge in [-0.05, 0) is 117 Å². The molecule has 4 aliphatic carbocycles. The molecule has 164 valence electrons. The highest BCUT2D eigenvalue weighted by Gasteiger charge is 2.58. The zero-order valence-electron chi connectivity index (χ0n) is 20.6. The molecule has 0 radical (unpaired) electrons. The first-order valence-corrected chi connectivity index (χ1v) is 13.0. The Morgan fingerprint density at radius 1 is 1.07 bits per heavy atom. The second-order valence-corrected chi connectivity index (χ2v) is 12.8. The smallest absolute Gasteiger partial charge is 0.00851 e. The van der Waals surface area contributed by atoms with Crippen molar-refractivity contribution in [2.45, 2.75) is 106 Å². The van der Waals surface area contributed by atoms with Gasteiger partial charge in [0.1, 0.15) is 0 Å². The monoisotopic (exact) mass is 396 g/mol. The van der Waals surface area contributed by atoms with Gasteiger partial charge >= 0.3 is 0 Å². The van der Waals surface area contributed by atoms with Gasteiger partial charge in [-0.15, -0.1) is 0 Å². The normalized spacial score (nSPS) is 46.0. The summed E-state index contributed by atoms with van der Waals surface area (Å²) in [5.74, 6) is 6.26. The standard InChI is InChI=1S/C29H48/c1-19(2)16-21(4)17-22(5)25-10-11-26-24-9-8-23-18-20(3)12-14-28(23,6)27(24)13-15-29(25,26)7/h8,17,19-20,22,24-27H,9-16,18H2,1-7H3/b21-17-. The average Bonchev–Trinajstić information content (AvgIpc) is 2.99. The molecule has 0 amide bonds. The molecule has 29 heavy (non-hydrogen) atoms. The first kappa shape index (κ1) is 21.7. The third-order valence-corrected chi connectivity index (χ3v) is 10.3. The molecule has 3 fully saturated rings. The summed E-state index contributed by atoms with van der Waals surface area (Å²) in [5, 5.41) is 0. The van der Waals surface area contributed by atoms with Gasteiger partial charge in [-0.3, -0.25) is 0 Å². The van der Waals surface area contributed by atoms with Crippen molar-refractivity contribution >= 4 is 0 Å². The third kappa shape index (κ3) is 3.70. The molecule has 8 unspecified atom stereocenters. The van der Waals surface area contributed by atoms with Crippen LogP contribution in [0.3, 0.4) is 0 Å². The molecule has 8 atom stereocenters. The SMILES string of the molecule is C/C(=C/C(C)C1CCC2C3CC=C4CC(C)CCC4(C)C3CCC12C)CC(C)C. The van der Waals surface area contributed by atoms with Crippen molar-refractivity contribution in [3.05, 3.63) is 23.3 Å². The van der Waals surface area contributed by atoms with Crippen LogP contribution in [0.4, 0.5) is 0 Å². The van der Waals surface area contributed by atoms with Gasteiger partial charge in [0.05, 0.1) is 0 Å². The fraction of sp³-hybridized carbons (Fsp3) is 0.862. The van der Waals surface area contributed by atoms with Gasteiger partial charge in [-0.1, -0.05) is 64.8 Å². The molecule has 4 aliphatic rings. The molecule has 0 spiro atoms. The van der Waals surface area contributed by atoms with Gasteiger partial charge < -0.3 is 0 Å². The van der Waals surface area contributed by atoms with Crippen molar-refractivity contribution in [2.24, 2.45) is 52.3 Å². The van der Waals surface area contributed by atoms with E-state index in [4.69, 9.17) is 0 Å². The molecule has 0 nitrogen and oxygen atoms in total. The molecule has 0 heterocycles. The van der Waals surface area contributed by atoms with Crippen LogP contribution < -0.4 is 0 Å². The molecule has 3 saturated carbocycles. The molecular formula is C29H48. The van der Waals surface area contributed by atoms with E-state index < -0.39 is 0 Å². The Balaban J connectivity index is 1.54. The average molecular weight is 397 g/mol. The highest BCUT2D eigenvalue weighted by Crippen LogP contribution is 2.67. The summed E-state index contributed by atoms with van der Waals surface area (Å²) < 4.78 is 0. The lowest BCUT2D eigenvalue weighted by Gasteiger charge is -2.58. The van der Waals surface area contributed by atoms with Gasteiger partial charge in [-0.25, -0.2) is 0 Å². The minimum atomic E-state index is 0.536. The Morgan fingerprint density at radius 2 is 1.83 bits per heavy atom. The Bertz CT molecular complexity index is 666. The molecule has 0 saturated heterocycles. The van der Waals surface area contributed by atoms with E-state index in [1.165, 1.54) is 57.8 Å². The summed E-state index contributed by atoms with van der Waals surface area (Å²) in [5.41, 5.74) is 4.60. The fourth-order valence-corrected chi connectivity index (χ4v) is 9.02. The number of allylic oxidation sites excluding steroid dienone is 4. The predicted octanol–water partition coefficient (Wildman–Crippen LogP) is 8.83. The van der Waals surface area contributed by atoms with Crippen LogP contribution in [-0.4, -0.2) is 0 Å². The van der Waals surface area contributed by atoms with E-state index in [9.17, 15) is 0 Å². The van der Waals surface area contributed by atoms with E-state index in [0.29, 0.717) is 10.8 Å². The summed E-state index contributed by atoms with van der Waals surface area (Å²) in [6.45, 7) is 17.5. The number of hydrogen-bond acceptors (Lipinski definition) is 0. The van der Waals surface area contributed by atoms with Crippen LogP contribution in [0.25, 0.3) is 0 Å². The summed E-state index contributed by atoms with van der Waals surface area (Å²) >= 11 is 0. The zero-order chi connectivity index (χ0) is 21.0. The Kier molecular flexibility index (Phi) is 5.89. The lowest BCUT2D eigenvalue weighted by atomic mass is 9.46. The van der Waals surface area contributed by atoms with E-state index in [2.05, 4.69) is 60.6 Å². The minimum absolute atomic E-state index is 0.536. The molecule has 0 N–H and O–H groups in total. The van der Waals surface area contributed by atoms with E-state index in [-0.39, 0.29) is 0 Å². The molecular weight excluding hydrogens is 348 g/mol. The van der Waals surface area contributed by atoms with Gasteiger partial charge in [0, 0.05) is 0 Å². The maximum absolute atomic E-state index is 2.74. The van der Waals surface area contributed by atoms with Crippen molar-refractivity contribution in [1.82, 2.24) is 0 Å². The Labute approximate surface area is 182 Å². The lowest BCUT2D eigenvalue weighted by Crippen LogP contribution is -2.50. The maximum atomic E-state index is 2.74. The third-order valence-electron chi connectivity index (χ3n) is 10.3. The summed E-state index contributed by atoms with van der Waals surface area (Å²) in [7, 11) is 0. The van der Waals surface area contributed by atoms with Crippen molar-refractivity contribution in [1.29, 1.82) is 0 Å². The van der Waals surface area contributed by atoms with Crippen molar-refractivity contribution in [3.8, 4) is 0 Å². The summed E-state index contributed by atoms with van der Waals surface area (Å²) in [4.78, 5) is 0.